The van der Waals surface area contributed by atoms with Crippen LogP contribution in [0, 0.1) is 4.77 Å². The van der Waals surface area contributed by atoms with Crippen LogP contribution in [-0.4, -0.2) is 13.9 Å². The summed E-state index contributed by atoms with van der Waals surface area (Å²) < 4.78 is 5.87. The molecule has 5 heteroatoms. The molecule has 88 valence electrons. The first-order chi connectivity index (χ1) is 8.29. The molecule has 0 unspecified atom stereocenters. The number of hydrogen-bond donors (Lipinski definition) is 0. The van der Waals surface area contributed by atoms with E-state index in [1.165, 1.54) is 0 Å². The third-order valence-corrected chi connectivity index (χ3v) is 3.51. The molecule has 2 heterocycles. The summed E-state index contributed by atoms with van der Waals surface area (Å²) in [6.07, 6.45) is 2.14. The fourth-order valence-corrected chi connectivity index (χ4v) is 2.65. The predicted molar refractivity (Wildman–Crippen MR) is 68.1 cm³/mol. The van der Waals surface area contributed by atoms with Crippen LogP contribution in [0.15, 0.2) is 35.1 Å². The Balaban J connectivity index is 2.29. The van der Waals surface area contributed by atoms with Crippen molar-refractivity contribution >= 4 is 12.2 Å². The zero-order chi connectivity index (χ0) is 11.8. The Labute approximate surface area is 104 Å². The monoisotopic (exact) mass is 247 g/mol. The number of nitrogens with zero attached hydrogens (tertiary/aromatic N) is 3. The highest BCUT2D eigenvalue weighted by Gasteiger charge is 2.16. The van der Waals surface area contributed by atoms with Crippen molar-refractivity contribution in [3.63, 3.8) is 0 Å². The largest absolute Gasteiger partial charge is 0.349 e. The summed E-state index contributed by atoms with van der Waals surface area (Å²) in [4.78, 5) is 12.3. The molecule has 1 aromatic heterocycles. The fourth-order valence-electron chi connectivity index (χ4n) is 2.27. The molecular weight excluding hydrogens is 234 g/mol. The van der Waals surface area contributed by atoms with Crippen molar-refractivity contribution in [3.8, 4) is 5.69 Å². The molecule has 0 aliphatic carbocycles. The van der Waals surface area contributed by atoms with Gasteiger partial charge >= 0.3 is 5.69 Å². The van der Waals surface area contributed by atoms with Crippen molar-refractivity contribution in [2.24, 2.45) is 0 Å². The van der Waals surface area contributed by atoms with Gasteiger partial charge in [-0.05, 0) is 37.2 Å². The van der Waals surface area contributed by atoms with Crippen LogP contribution in [0.1, 0.15) is 12.8 Å². The van der Waals surface area contributed by atoms with Crippen LogP contribution in [0.4, 0.5) is 0 Å². The van der Waals surface area contributed by atoms with Gasteiger partial charge in [0.2, 0.25) is 4.77 Å². The maximum atomic E-state index is 12.3. The van der Waals surface area contributed by atoms with Gasteiger partial charge in [0, 0.05) is 13.1 Å². The first kappa shape index (κ1) is 10.5. The molecule has 2 aromatic rings. The maximum absolute atomic E-state index is 12.3. The Hall–Kier alpha value is -1.62. The summed E-state index contributed by atoms with van der Waals surface area (Å²) in [6.45, 7) is 1.61. The van der Waals surface area contributed by atoms with Crippen LogP contribution in [-0.2, 0) is 13.1 Å². The zero-order valence-electron chi connectivity index (χ0n) is 9.37. The van der Waals surface area contributed by atoms with Crippen molar-refractivity contribution in [1.29, 1.82) is 0 Å². The smallest absolute Gasteiger partial charge is 0.256 e. The standard InChI is InChI=1S/C12H13N3OS/c16-11-13-8-4-5-9-14(13)12(17)15(11)10-6-2-1-3-7-10/h1-3,6-7H,4-5,8-9H2. The molecule has 1 aromatic carbocycles. The van der Waals surface area contributed by atoms with Crippen LogP contribution >= 0.6 is 12.2 Å². The molecule has 17 heavy (non-hydrogen) atoms. The molecule has 0 fully saturated rings. The second-order valence-electron chi connectivity index (χ2n) is 4.19. The van der Waals surface area contributed by atoms with Crippen LogP contribution < -0.4 is 5.69 Å². The first-order valence-electron chi connectivity index (χ1n) is 5.77. The minimum atomic E-state index is -0.0269. The molecule has 4 nitrogen and oxygen atoms in total. The normalized spacial score (nSPS) is 14.6. The molecular formula is C12H13N3OS. The lowest BCUT2D eigenvalue weighted by molar-refractivity contribution is 0.352. The molecule has 0 saturated heterocycles. The van der Waals surface area contributed by atoms with Crippen LogP contribution in [0.3, 0.4) is 0 Å². The van der Waals surface area contributed by atoms with Gasteiger partial charge in [0.1, 0.15) is 0 Å². The Morgan fingerprint density at radius 2 is 1.65 bits per heavy atom. The molecule has 3 rings (SSSR count). The predicted octanol–water partition coefficient (Wildman–Crippen LogP) is 1.96. The number of hydrogen-bond acceptors (Lipinski definition) is 2. The summed E-state index contributed by atoms with van der Waals surface area (Å²) in [5, 5.41) is 0. The molecule has 0 spiro atoms. The lowest BCUT2D eigenvalue weighted by Crippen LogP contribution is -2.29. The van der Waals surface area contributed by atoms with Gasteiger partial charge in [-0.25, -0.2) is 14.0 Å². The van der Waals surface area contributed by atoms with E-state index in [-0.39, 0.29) is 5.69 Å². The molecule has 1 aliphatic heterocycles. The van der Waals surface area contributed by atoms with Crippen molar-refractivity contribution in [3.05, 3.63) is 45.6 Å². The number of rotatable bonds is 1. The summed E-state index contributed by atoms with van der Waals surface area (Å²) in [6, 6.07) is 9.57. The lowest BCUT2D eigenvalue weighted by atomic mass is 10.3. The van der Waals surface area contributed by atoms with E-state index in [1.807, 2.05) is 35.0 Å². The quantitative estimate of drug-likeness (QED) is 0.721. The summed E-state index contributed by atoms with van der Waals surface area (Å²) in [7, 11) is 0. The Kier molecular flexibility index (Phi) is 2.48. The first-order valence-corrected chi connectivity index (χ1v) is 6.18. The summed E-state index contributed by atoms with van der Waals surface area (Å²) >= 11 is 5.39. The van der Waals surface area contributed by atoms with E-state index in [1.54, 1.807) is 9.25 Å². The van der Waals surface area contributed by atoms with E-state index in [0.29, 0.717) is 4.77 Å². The molecule has 1 aliphatic rings. The van der Waals surface area contributed by atoms with Gasteiger partial charge in [0.15, 0.2) is 0 Å². The summed E-state index contributed by atoms with van der Waals surface area (Å²) in [5.41, 5.74) is 0.817. The highest BCUT2D eigenvalue weighted by atomic mass is 32.1. The van der Waals surface area contributed by atoms with Gasteiger partial charge < -0.3 is 0 Å². The SMILES string of the molecule is O=c1n(-c2ccccc2)c(=S)n2n1CCCC2. The van der Waals surface area contributed by atoms with Crippen LogP contribution in [0.25, 0.3) is 5.69 Å². The average Bonchev–Trinajstić information content (AvgIpc) is 2.64. The fraction of sp³-hybridized carbons (Fsp3) is 0.333. The van der Waals surface area contributed by atoms with Crippen LogP contribution in [0.5, 0.6) is 0 Å². The minimum Gasteiger partial charge on any atom is -0.256 e. The molecule has 0 N–H and O–H groups in total. The zero-order valence-corrected chi connectivity index (χ0v) is 10.2. The Morgan fingerprint density at radius 1 is 1.00 bits per heavy atom. The third-order valence-electron chi connectivity index (χ3n) is 3.12. The molecule has 0 saturated carbocycles. The van der Waals surface area contributed by atoms with Gasteiger partial charge in [-0.1, -0.05) is 18.2 Å². The highest BCUT2D eigenvalue weighted by molar-refractivity contribution is 7.71. The summed E-state index contributed by atoms with van der Waals surface area (Å²) in [5.74, 6) is 0. The van der Waals surface area contributed by atoms with Crippen molar-refractivity contribution in [2.45, 2.75) is 25.9 Å². The van der Waals surface area contributed by atoms with Gasteiger partial charge in [-0.2, -0.15) is 0 Å². The molecule has 0 bridgehead atoms. The van der Waals surface area contributed by atoms with Crippen molar-refractivity contribution < 1.29 is 0 Å². The Morgan fingerprint density at radius 3 is 2.29 bits per heavy atom. The second kappa shape index (κ2) is 4.00. The average molecular weight is 247 g/mol. The number of fused-ring (bicyclic) bond motifs is 1. The second-order valence-corrected chi connectivity index (χ2v) is 4.55. The van der Waals surface area contributed by atoms with Gasteiger partial charge in [-0.3, -0.25) is 4.68 Å². The van der Waals surface area contributed by atoms with E-state index >= 15 is 0 Å². The van der Waals surface area contributed by atoms with Gasteiger partial charge in [0.25, 0.3) is 0 Å². The van der Waals surface area contributed by atoms with Gasteiger partial charge in [-0.15, -0.1) is 0 Å². The lowest BCUT2D eigenvalue weighted by Gasteiger charge is -2.14. The van der Waals surface area contributed by atoms with E-state index in [0.717, 1.165) is 31.6 Å². The third kappa shape index (κ3) is 1.58. The van der Waals surface area contributed by atoms with Gasteiger partial charge in [0.05, 0.1) is 5.69 Å². The number of benzene rings is 1. The van der Waals surface area contributed by atoms with Crippen molar-refractivity contribution in [2.75, 3.05) is 0 Å². The maximum Gasteiger partial charge on any atom is 0.349 e. The molecule has 0 atom stereocenters. The van der Waals surface area contributed by atoms with E-state index in [4.69, 9.17) is 12.2 Å². The highest BCUT2D eigenvalue weighted by Crippen LogP contribution is 2.10. The van der Waals surface area contributed by atoms with E-state index in [9.17, 15) is 4.79 Å². The van der Waals surface area contributed by atoms with Crippen LogP contribution in [0.2, 0.25) is 0 Å². The number of para-hydroxylation sites is 1. The van der Waals surface area contributed by atoms with Crippen molar-refractivity contribution in [1.82, 2.24) is 13.9 Å². The van der Waals surface area contributed by atoms with E-state index in [2.05, 4.69) is 0 Å². The topological polar surface area (TPSA) is 31.9 Å². The van der Waals surface area contributed by atoms with E-state index < -0.39 is 0 Å². The molecule has 0 amide bonds. The Bertz CT molecular complexity index is 613. The number of aromatic nitrogens is 3. The molecule has 0 radical (unpaired) electrons. The minimum absolute atomic E-state index is 0.0269.